The van der Waals surface area contributed by atoms with Crippen LogP contribution in [-0.2, 0) is 27.3 Å². The molecule has 0 saturated heterocycles. The fraction of sp³-hybridized carbons (Fsp3) is 0.447. The summed E-state index contributed by atoms with van der Waals surface area (Å²) in [6, 6.07) is 18.1. The highest BCUT2D eigenvalue weighted by Crippen LogP contribution is 2.33. The molecule has 5 N–H and O–H groups in total. The van der Waals surface area contributed by atoms with Gasteiger partial charge in [-0.25, -0.2) is 0 Å². The van der Waals surface area contributed by atoms with Crippen molar-refractivity contribution in [3.05, 3.63) is 71.8 Å². The molecule has 3 atom stereocenters. The van der Waals surface area contributed by atoms with Crippen molar-refractivity contribution in [3.8, 4) is 17.2 Å². The third-order valence-corrected chi connectivity index (χ3v) is 9.12. The molecular weight excluding hydrogens is 638 g/mol. The van der Waals surface area contributed by atoms with Gasteiger partial charge in [-0.3, -0.25) is 19.3 Å². The summed E-state index contributed by atoms with van der Waals surface area (Å²) in [5.41, 5.74) is 9.34. The Hall–Kier alpha value is -4.81. The zero-order chi connectivity index (χ0) is 35.6. The lowest BCUT2D eigenvalue weighted by Gasteiger charge is -2.34. The lowest BCUT2D eigenvalue weighted by molar-refractivity contribution is -0.134. The largest absolute Gasteiger partial charge is 0.488 e. The maximum atomic E-state index is 13.6. The lowest BCUT2D eigenvalue weighted by Crippen LogP contribution is -2.47. The standard InChI is InChI=1S/C38H49N5O7/c1-25-20-43(26(2)23-44)38(47)19-28-18-29(40-36(45)11-5-4-6-12-37(46)41-31-10-8-7-9-30(31)39)14-16-32(28)50-35(25)22-42(3)21-27-13-15-33-34(17-27)49-24-48-33/h7-10,13-18,25-26,35,44H,4-6,11-12,19-24,39H2,1-3H3,(H,40,45)(H,41,46)/t25-,26-,35+/m1/s1. The molecule has 268 valence electrons. The molecule has 3 amide bonds. The Morgan fingerprint density at radius 3 is 2.46 bits per heavy atom. The van der Waals surface area contributed by atoms with Crippen LogP contribution in [0, 0.1) is 5.92 Å². The molecule has 50 heavy (non-hydrogen) atoms. The van der Waals surface area contributed by atoms with Crippen LogP contribution in [0.15, 0.2) is 60.7 Å². The van der Waals surface area contributed by atoms with E-state index in [4.69, 9.17) is 19.9 Å². The molecular formula is C38H49N5O7. The highest BCUT2D eigenvalue weighted by atomic mass is 16.7. The molecule has 0 radical (unpaired) electrons. The second-order valence-corrected chi connectivity index (χ2v) is 13.3. The van der Waals surface area contributed by atoms with Crippen molar-refractivity contribution in [2.45, 2.75) is 71.1 Å². The summed E-state index contributed by atoms with van der Waals surface area (Å²) in [5, 5.41) is 15.8. The first kappa shape index (κ1) is 36.5. The fourth-order valence-corrected chi connectivity index (χ4v) is 6.24. The van der Waals surface area contributed by atoms with Crippen molar-refractivity contribution in [2.24, 2.45) is 5.92 Å². The summed E-state index contributed by atoms with van der Waals surface area (Å²) in [6.07, 6.45) is 2.46. The smallest absolute Gasteiger partial charge is 0.231 e. The number of ether oxygens (including phenoxy) is 3. The second-order valence-electron chi connectivity index (χ2n) is 13.3. The fourth-order valence-electron chi connectivity index (χ4n) is 6.24. The Bertz CT molecular complexity index is 1650. The van der Waals surface area contributed by atoms with Gasteiger partial charge < -0.3 is 40.6 Å². The van der Waals surface area contributed by atoms with Crippen LogP contribution >= 0.6 is 0 Å². The van der Waals surface area contributed by atoms with Crippen molar-refractivity contribution in [1.29, 1.82) is 0 Å². The van der Waals surface area contributed by atoms with Gasteiger partial charge in [-0.2, -0.15) is 0 Å². The number of hydrogen-bond donors (Lipinski definition) is 4. The molecule has 0 aromatic heterocycles. The van der Waals surface area contributed by atoms with Crippen LogP contribution in [0.2, 0.25) is 0 Å². The number of para-hydroxylation sites is 2. The van der Waals surface area contributed by atoms with E-state index < -0.39 is 0 Å². The first-order valence-electron chi connectivity index (χ1n) is 17.3. The zero-order valence-corrected chi connectivity index (χ0v) is 29.2. The van der Waals surface area contributed by atoms with Gasteiger partial charge in [-0.1, -0.05) is 31.5 Å². The molecule has 0 spiro atoms. The van der Waals surface area contributed by atoms with Gasteiger partial charge in [-0.05, 0) is 74.8 Å². The molecule has 5 rings (SSSR count). The number of unbranched alkanes of at least 4 members (excludes halogenated alkanes) is 2. The first-order valence-corrected chi connectivity index (χ1v) is 17.3. The Morgan fingerprint density at radius 1 is 0.980 bits per heavy atom. The summed E-state index contributed by atoms with van der Waals surface area (Å²) in [7, 11) is 2.03. The molecule has 3 aromatic rings. The number of fused-ring (bicyclic) bond motifs is 2. The van der Waals surface area contributed by atoms with Crippen LogP contribution < -0.4 is 30.6 Å². The molecule has 0 bridgehead atoms. The first-order chi connectivity index (χ1) is 24.1. The number of aliphatic hydroxyl groups excluding tert-OH is 1. The molecule has 2 aliphatic heterocycles. The third-order valence-electron chi connectivity index (χ3n) is 9.12. The molecule has 0 fully saturated rings. The third kappa shape index (κ3) is 9.88. The number of hydrogen-bond acceptors (Lipinski definition) is 9. The van der Waals surface area contributed by atoms with Gasteiger partial charge in [0.1, 0.15) is 11.9 Å². The molecule has 2 aliphatic rings. The van der Waals surface area contributed by atoms with Crippen molar-refractivity contribution in [1.82, 2.24) is 9.80 Å². The molecule has 12 heteroatoms. The van der Waals surface area contributed by atoms with Gasteiger partial charge in [-0.15, -0.1) is 0 Å². The number of nitrogens with one attached hydrogen (secondary N) is 2. The normalized spacial score (nSPS) is 17.6. The van der Waals surface area contributed by atoms with Gasteiger partial charge >= 0.3 is 0 Å². The number of nitrogen functional groups attached to an aromatic ring is 1. The highest BCUT2D eigenvalue weighted by Gasteiger charge is 2.31. The quantitative estimate of drug-likeness (QED) is 0.138. The SMILES string of the molecule is C[C@@H]1CN([C@H](C)CO)C(=O)Cc2cc(NC(=O)CCCCCC(=O)Nc3ccccc3N)ccc2O[C@H]1CN(C)Cc1ccc2c(c1)OCO2. The van der Waals surface area contributed by atoms with Crippen LogP contribution in [-0.4, -0.2) is 78.3 Å². The average molecular weight is 688 g/mol. The maximum Gasteiger partial charge on any atom is 0.231 e. The number of carbonyl (C=O) groups excluding carboxylic acids is 3. The highest BCUT2D eigenvalue weighted by molar-refractivity contribution is 5.94. The molecule has 2 heterocycles. The number of amides is 3. The number of carbonyl (C=O) groups is 3. The van der Waals surface area contributed by atoms with E-state index in [1.54, 1.807) is 29.2 Å². The number of nitrogens with two attached hydrogens (primary N) is 1. The Balaban J connectivity index is 1.19. The minimum Gasteiger partial charge on any atom is -0.488 e. The predicted octanol–water partition coefficient (Wildman–Crippen LogP) is 4.81. The minimum absolute atomic E-state index is 0.0416. The summed E-state index contributed by atoms with van der Waals surface area (Å²) >= 11 is 0. The Kier molecular flexibility index (Phi) is 12.6. The van der Waals surface area contributed by atoms with E-state index in [2.05, 4.69) is 22.5 Å². The minimum atomic E-state index is -0.357. The number of benzene rings is 3. The van der Waals surface area contributed by atoms with Gasteiger partial charge in [0.25, 0.3) is 0 Å². The number of anilines is 3. The Labute approximate surface area is 293 Å². The number of likely N-dealkylation sites (N-methyl/N-ethyl adjacent to an activating group) is 1. The van der Waals surface area contributed by atoms with Crippen molar-refractivity contribution in [3.63, 3.8) is 0 Å². The van der Waals surface area contributed by atoms with Gasteiger partial charge in [0.15, 0.2) is 11.5 Å². The second kappa shape index (κ2) is 17.2. The van der Waals surface area contributed by atoms with Crippen LogP contribution in [0.3, 0.4) is 0 Å². The Morgan fingerprint density at radius 2 is 1.70 bits per heavy atom. The van der Waals surface area contributed by atoms with E-state index in [0.29, 0.717) is 73.7 Å². The zero-order valence-electron chi connectivity index (χ0n) is 29.2. The van der Waals surface area contributed by atoms with Crippen molar-refractivity contribution >= 4 is 34.8 Å². The van der Waals surface area contributed by atoms with Crippen LogP contribution in [0.1, 0.15) is 57.1 Å². The summed E-state index contributed by atoms with van der Waals surface area (Å²) in [6.45, 7) is 5.66. The number of nitrogens with zero attached hydrogens (tertiary/aromatic N) is 2. The van der Waals surface area contributed by atoms with Crippen LogP contribution in [0.4, 0.5) is 17.1 Å². The van der Waals surface area contributed by atoms with E-state index in [0.717, 1.165) is 23.5 Å². The topological polar surface area (TPSA) is 156 Å². The van der Waals surface area contributed by atoms with Crippen molar-refractivity contribution < 1.29 is 33.7 Å². The van der Waals surface area contributed by atoms with Crippen molar-refractivity contribution in [2.75, 3.05) is 49.9 Å². The lowest BCUT2D eigenvalue weighted by atomic mass is 10.0. The maximum absolute atomic E-state index is 13.6. The summed E-state index contributed by atoms with van der Waals surface area (Å²) in [5.74, 6) is 1.67. The molecule has 12 nitrogen and oxygen atoms in total. The van der Waals surface area contributed by atoms with Gasteiger partial charge in [0.05, 0.1) is 30.4 Å². The predicted molar refractivity (Wildman–Crippen MR) is 192 cm³/mol. The monoisotopic (exact) mass is 687 g/mol. The van der Waals surface area contributed by atoms with Gasteiger partial charge in [0.2, 0.25) is 24.5 Å². The van der Waals surface area contributed by atoms with E-state index in [1.165, 1.54) is 0 Å². The average Bonchev–Trinajstić information content (AvgIpc) is 3.57. The molecule has 0 unspecified atom stereocenters. The summed E-state index contributed by atoms with van der Waals surface area (Å²) < 4.78 is 17.7. The number of aliphatic hydroxyl groups is 1. The van der Waals surface area contributed by atoms with Crippen LogP contribution in [0.25, 0.3) is 0 Å². The molecule has 3 aromatic carbocycles. The summed E-state index contributed by atoms with van der Waals surface area (Å²) in [4.78, 5) is 42.6. The van der Waals surface area contributed by atoms with Crippen LogP contribution in [0.5, 0.6) is 17.2 Å². The van der Waals surface area contributed by atoms with Gasteiger partial charge in [0, 0.05) is 49.6 Å². The molecule has 0 aliphatic carbocycles. The van der Waals surface area contributed by atoms with E-state index in [9.17, 15) is 19.5 Å². The van der Waals surface area contributed by atoms with E-state index in [1.807, 2.05) is 50.4 Å². The molecule has 0 saturated carbocycles. The van der Waals surface area contributed by atoms with E-state index >= 15 is 0 Å². The number of rotatable bonds is 14. The van der Waals surface area contributed by atoms with E-state index in [-0.39, 0.29) is 55.6 Å².